The van der Waals surface area contributed by atoms with Crippen LogP contribution in [0.15, 0.2) is 36.4 Å². The molecule has 2 aromatic rings. The van der Waals surface area contributed by atoms with Gasteiger partial charge in [-0.2, -0.15) is 0 Å². The number of nitrogens with two attached hydrogens (primary N) is 1. The summed E-state index contributed by atoms with van der Waals surface area (Å²) < 4.78 is 0. The van der Waals surface area contributed by atoms with Crippen LogP contribution in [0.1, 0.15) is 16.1 Å². The van der Waals surface area contributed by atoms with E-state index in [1.54, 1.807) is 11.3 Å². The summed E-state index contributed by atoms with van der Waals surface area (Å²) in [5, 5.41) is 0.715. The highest BCUT2D eigenvalue weighted by atomic mass is 32.1. The Bertz CT molecular complexity index is 564. The monoisotopic (exact) mass is 285 g/mol. The van der Waals surface area contributed by atoms with Gasteiger partial charge in [-0.05, 0) is 12.0 Å². The van der Waals surface area contributed by atoms with Crippen LogP contribution in [0, 0.1) is 0 Å². The van der Waals surface area contributed by atoms with Crippen LogP contribution in [-0.2, 0) is 12.8 Å². The summed E-state index contributed by atoms with van der Waals surface area (Å²) in [6.45, 7) is 3.16. The highest BCUT2D eigenvalue weighted by molar-refractivity contribution is 7.15. The van der Waals surface area contributed by atoms with Crippen molar-refractivity contribution in [3.8, 4) is 0 Å². The largest absolute Gasteiger partial charge is 0.375 e. The van der Waals surface area contributed by atoms with Gasteiger partial charge in [0.15, 0.2) is 5.13 Å². The van der Waals surface area contributed by atoms with Crippen LogP contribution in [-0.4, -0.2) is 29.5 Å². The molecule has 2 N–H and O–H groups in total. The van der Waals surface area contributed by atoms with Crippen LogP contribution in [0.25, 0.3) is 6.08 Å². The minimum Gasteiger partial charge on any atom is -0.375 e. The van der Waals surface area contributed by atoms with Crippen LogP contribution >= 0.6 is 11.3 Å². The molecule has 20 heavy (non-hydrogen) atoms. The Morgan fingerprint density at radius 1 is 1.20 bits per heavy atom. The molecule has 1 aromatic carbocycles. The number of nitrogens with zero attached hydrogens (tertiary/aromatic N) is 2. The van der Waals surface area contributed by atoms with Crippen molar-refractivity contribution < 1.29 is 0 Å². The molecule has 3 rings (SSSR count). The number of nitrogen functional groups attached to an aromatic ring is 1. The third-order valence-electron chi connectivity index (χ3n) is 3.59. The molecule has 0 aliphatic carbocycles. The molecule has 0 saturated carbocycles. The van der Waals surface area contributed by atoms with Gasteiger partial charge in [-0.3, -0.25) is 4.90 Å². The van der Waals surface area contributed by atoms with E-state index in [1.165, 1.54) is 16.1 Å². The molecule has 2 heterocycles. The summed E-state index contributed by atoms with van der Waals surface area (Å²) in [4.78, 5) is 8.27. The highest BCUT2D eigenvalue weighted by Gasteiger charge is 2.16. The lowest BCUT2D eigenvalue weighted by Gasteiger charge is -2.17. The number of aromatic nitrogens is 1. The van der Waals surface area contributed by atoms with Crippen LogP contribution in [0.5, 0.6) is 0 Å². The van der Waals surface area contributed by atoms with E-state index >= 15 is 0 Å². The molecule has 1 aliphatic rings. The van der Waals surface area contributed by atoms with Crippen molar-refractivity contribution in [2.45, 2.75) is 12.8 Å². The van der Waals surface area contributed by atoms with Crippen LogP contribution in [0.2, 0.25) is 0 Å². The summed E-state index contributed by atoms with van der Waals surface area (Å²) in [7, 11) is 0. The summed E-state index contributed by atoms with van der Waals surface area (Å²) in [6, 6.07) is 10.4. The number of hydrogen-bond donors (Lipinski definition) is 1. The van der Waals surface area contributed by atoms with E-state index in [1.807, 2.05) is 6.07 Å². The van der Waals surface area contributed by atoms with Crippen molar-refractivity contribution in [2.75, 3.05) is 25.4 Å². The Morgan fingerprint density at radius 2 is 2.00 bits per heavy atom. The maximum absolute atomic E-state index is 5.77. The fourth-order valence-electron chi connectivity index (χ4n) is 2.51. The van der Waals surface area contributed by atoms with E-state index in [0.717, 1.165) is 32.5 Å². The minimum atomic E-state index is 0.715. The smallest absolute Gasteiger partial charge is 0.180 e. The summed E-state index contributed by atoms with van der Waals surface area (Å²) >= 11 is 1.65. The third kappa shape index (κ3) is 3.26. The van der Waals surface area contributed by atoms with Crippen molar-refractivity contribution in [3.63, 3.8) is 0 Å². The first-order valence-electron chi connectivity index (χ1n) is 6.99. The van der Waals surface area contributed by atoms with Crippen LogP contribution < -0.4 is 5.73 Å². The lowest BCUT2D eigenvalue weighted by atomic mass is 10.2. The average molecular weight is 285 g/mol. The topological polar surface area (TPSA) is 42.1 Å². The van der Waals surface area contributed by atoms with Gasteiger partial charge in [0.1, 0.15) is 0 Å². The number of hydrogen-bond acceptors (Lipinski definition) is 4. The first-order chi connectivity index (χ1) is 9.81. The lowest BCUT2D eigenvalue weighted by Crippen LogP contribution is -2.26. The molecule has 0 radical (unpaired) electrons. The average Bonchev–Trinajstić information content (AvgIpc) is 2.72. The zero-order chi connectivity index (χ0) is 13.8. The highest BCUT2D eigenvalue weighted by Crippen LogP contribution is 2.24. The molecule has 0 bridgehead atoms. The van der Waals surface area contributed by atoms with Gasteiger partial charge in [-0.15, -0.1) is 11.3 Å². The molecule has 1 aromatic heterocycles. The Labute approximate surface area is 123 Å². The number of fused-ring (bicyclic) bond motifs is 1. The number of benzene rings is 1. The van der Waals surface area contributed by atoms with E-state index in [9.17, 15) is 0 Å². The van der Waals surface area contributed by atoms with E-state index in [2.05, 4.69) is 46.3 Å². The molecule has 3 nitrogen and oxygen atoms in total. The normalized spacial score (nSPS) is 16.2. The Morgan fingerprint density at radius 3 is 2.85 bits per heavy atom. The maximum Gasteiger partial charge on any atom is 0.180 e. The fraction of sp³-hybridized carbons (Fsp3) is 0.312. The lowest BCUT2D eigenvalue weighted by molar-refractivity contribution is 0.318. The summed E-state index contributed by atoms with van der Waals surface area (Å²) in [5.41, 5.74) is 8.24. The van der Waals surface area contributed by atoms with Gasteiger partial charge in [0.25, 0.3) is 0 Å². The quantitative estimate of drug-likeness (QED) is 0.943. The van der Waals surface area contributed by atoms with Crippen molar-refractivity contribution in [1.29, 1.82) is 0 Å². The van der Waals surface area contributed by atoms with E-state index in [-0.39, 0.29) is 0 Å². The zero-order valence-electron chi connectivity index (χ0n) is 11.5. The fourth-order valence-corrected chi connectivity index (χ4v) is 3.38. The summed E-state index contributed by atoms with van der Waals surface area (Å²) in [5.74, 6) is 0. The second-order valence-corrected chi connectivity index (χ2v) is 6.15. The summed E-state index contributed by atoms with van der Waals surface area (Å²) in [6.07, 6.45) is 6.53. The van der Waals surface area contributed by atoms with E-state index in [0.29, 0.717) is 5.13 Å². The molecule has 0 unspecified atom stereocenters. The second-order valence-electron chi connectivity index (χ2n) is 5.04. The number of rotatable bonds is 3. The van der Waals surface area contributed by atoms with Gasteiger partial charge >= 0.3 is 0 Å². The van der Waals surface area contributed by atoms with Crippen LogP contribution in [0.4, 0.5) is 5.13 Å². The van der Waals surface area contributed by atoms with Crippen LogP contribution in [0.3, 0.4) is 0 Å². The first-order valence-corrected chi connectivity index (χ1v) is 7.81. The van der Waals surface area contributed by atoms with E-state index < -0.39 is 0 Å². The molecule has 104 valence electrons. The molecule has 0 saturated heterocycles. The predicted octanol–water partition coefficient (Wildman–Crippen LogP) is 2.84. The third-order valence-corrected chi connectivity index (χ3v) is 4.57. The van der Waals surface area contributed by atoms with Gasteiger partial charge < -0.3 is 5.73 Å². The Kier molecular flexibility index (Phi) is 4.14. The predicted molar refractivity (Wildman–Crippen MR) is 85.9 cm³/mol. The Hall–Kier alpha value is -1.65. The van der Waals surface area contributed by atoms with Gasteiger partial charge in [-0.25, -0.2) is 4.98 Å². The maximum atomic E-state index is 5.77. The SMILES string of the molecule is Nc1nc2c(s1)CCN(CC=Cc1ccccc1)CC2. The zero-order valence-corrected chi connectivity index (χ0v) is 12.3. The van der Waals surface area contributed by atoms with Crippen molar-refractivity contribution in [3.05, 3.63) is 52.5 Å². The van der Waals surface area contributed by atoms with Gasteiger partial charge in [0.05, 0.1) is 5.69 Å². The van der Waals surface area contributed by atoms with Crippen molar-refractivity contribution in [2.24, 2.45) is 0 Å². The molecule has 0 fully saturated rings. The standard InChI is InChI=1S/C16H19N3S/c17-16-18-14-8-11-19(12-9-15(14)20-16)10-4-7-13-5-2-1-3-6-13/h1-7H,8-12H2,(H2,17,18). The van der Waals surface area contributed by atoms with E-state index in [4.69, 9.17) is 5.73 Å². The van der Waals surface area contributed by atoms with Gasteiger partial charge in [0, 0.05) is 30.9 Å². The second kappa shape index (κ2) is 6.20. The first kappa shape index (κ1) is 13.3. The molecule has 0 spiro atoms. The van der Waals surface area contributed by atoms with Gasteiger partial charge in [-0.1, -0.05) is 42.5 Å². The molecule has 1 aliphatic heterocycles. The van der Waals surface area contributed by atoms with Crippen molar-refractivity contribution >= 4 is 22.5 Å². The number of anilines is 1. The van der Waals surface area contributed by atoms with Gasteiger partial charge in [0.2, 0.25) is 0 Å². The molecule has 4 heteroatoms. The number of thiazole rings is 1. The molecule has 0 atom stereocenters. The molecule has 0 amide bonds. The molecular formula is C16H19N3S. The van der Waals surface area contributed by atoms with Crippen molar-refractivity contribution in [1.82, 2.24) is 9.88 Å². The Balaban J connectivity index is 1.55. The minimum absolute atomic E-state index is 0.715. The molecular weight excluding hydrogens is 266 g/mol.